The normalized spacial score (nSPS) is 10.6. The van der Waals surface area contributed by atoms with E-state index in [1.807, 2.05) is 0 Å². The van der Waals surface area contributed by atoms with Crippen LogP contribution in [-0.2, 0) is 12.8 Å². The largest absolute Gasteiger partial charge is 0.330 e. The van der Waals surface area contributed by atoms with E-state index in [2.05, 4.69) is 42.6 Å². The molecule has 1 aromatic carbocycles. The quantitative estimate of drug-likeness (QED) is 0.856. The summed E-state index contributed by atoms with van der Waals surface area (Å²) in [5.74, 6) is 0. The minimum absolute atomic E-state index is 0.727. The van der Waals surface area contributed by atoms with Gasteiger partial charge in [-0.05, 0) is 47.5 Å². The van der Waals surface area contributed by atoms with Crippen LogP contribution < -0.4 is 5.73 Å². The van der Waals surface area contributed by atoms with Crippen LogP contribution >= 0.6 is 11.3 Å². The topological polar surface area (TPSA) is 26.0 Å². The van der Waals surface area contributed by atoms with E-state index < -0.39 is 0 Å². The fourth-order valence-corrected chi connectivity index (χ4v) is 2.69. The van der Waals surface area contributed by atoms with Crippen LogP contribution in [0.1, 0.15) is 18.1 Å². The maximum absolute atomic E-state index is 5.55. The standard InChI is InChI=1S/C14H17NS/c1-2-11-3-5-13(6-4-11)14-9-12(7-8-15)10-16-14/h3-6,9-10H,2,7-8,15H2,1H3. The molecule has 0 bridgehead atoms. The molecule has 0 radical (unpaired) electrons. The average Bonchev–Trinajstić information content (AvgIpc) is 2.78. The van der Waals surface area contributed by atoms with E-state index in [1.165, 1.54) is 21.6 Å². The van der Waals surface area contributed by atoms with Gasteiger partial charge in [-0.25, -0.2) is 0 Å². The van der Waals surface area contributed by atoms with Gasteiger partial charge in [0.05, 0.1) is 0 Å². The molecular weight excluding hydrogens is 214 g/mol. The third-order valence-electron chi connectivity index (χ3n) is 2.73. The molecule has 0 spiro atoms. The molecule has 1 nitrogen and oxygen atoms in total. The fourth-order valence-electron chi connectivity index (χ4n) is 1.73. The fraction of sp³-hybridized carbons (Fsp3) is 0.286. The first kappa shape index (κ1) is 11.4. The van der Waals surface area contributed by atoms with Crippen LogP contribution in [0.15, 0.2) is 35.7 Å². The van der Waals surface area contributed by atoms with Crippen molar-refractivity contribution in [2.75, 3.05) is 6.54 Å². The molecule has 0 amide bonds. The smallest absolute Gasteiger partial charge is 0.0345 e. The van der Waals surface area contributed by atoms with Crippen LogP contribution in [0.3, 0.4) is 0 Å². The molecule has 2 rings (SSSR count). The van der Waals surface area contributed by atoms with Gasteiger partial charge in [0.15, 0.2) is 0 Å². The number of hydrogen-bond acceptors (Lipinski definition) is 2. The highest BCUT2D eigenvalue weighted by Gasteiger charge is 2.02. The van der Waals surface area contributed by atoms with Gasteiger partial charge in [-0.15, -0.1) is 11.3 Å². The van der Waals surface area contributed by atoms with Crippen molar-refractivity contribution in [1.29, 1.82) is 0 Å². The molecule has 0 aliphatic carbocycles. The molecule has 84 valence electrons. The first-order chi connectivity index (χ1) is 7.83. The van der Waals surface area contributed by atoms with Crippen molar-refractivity contribution in [2.24, 2.45) is 5.73 Å². The van der Waals surface area contributed by atoms with E-state index in [9.17, 15) is 0 Å². The van der Waals surface area contributed by atoms with Gasteiger partial charge in [0.1, 0.15) is 0 Å². The Kier molecular flexibility index (Phi) is 3.75. The van der Waals surface area contributed by atoms with Crippen LogP contribution in [0.5, 0.6) is 0 Å². The molecule has 0 atom stereocenters. The molecule has 0 aliphatic rings. The van der Waals surface area contributed by atoms with Crippen LogP contribution in [0, 0.1) is 0 Å². The second-order valence-electron chi connectivity index (χ2n) is 3.91. The Labute approximate surface area is 101 Å². The Balaban J connectivity index is 2.21. The van der Waals surface area contributed by atoms with Crippen molar-refractivity contribution < 1.29 is 0 Å². The first-order valence-electron chi connectivity index (χ1n) is 5.70. The second kappa shape index (κ2) is 5.28. The molecule has 2 N–H and O–H groups in total. The van der Waals surface area contributed by atoms with Crippen molar-refractivity contribution in [1.82, 2.24) is 0 Å². The number of nitrogens with two attached hydrogens (primary N) is 1. The van der Waals surface area contributed by atoms with E-state index in [4.69, 9.17) is 5.73 Å². The van der Waals surface area contributed by atoms with E-state index in [0.717, 1.165) is 19.4 Å². The summed E-state index contributed by atoms with van der Waals surface area (Å²) in [5, 5.41) is 2.20. The molecule has 0 saturated heterocycles. The number of hydrogen-bond donors (Lipinski definition) is 1. The first-order valence-corrected chi connectivity index (χ1v) is 6.58. The lowest BCUT2D eigenvalue weighted by Crippen LogP contribution is -2.01. The third-order valence-corrected chi connectivity index (χ3v) is 3.76. The van der Waals surface area contributed by atoms with Crippen LogP contribution in [0.2, 0.25) is 0 Å². The Bertz CT molecular complexity index is 442. The number of thiophene rings is 1. The van der Waals surface area contributed by atoms with Crippen molar-refractivity contribution in [3.05, 3.63) is 46.8 Å². The summed E-state index contributed by atoms with van der Waals surface area (Å²) in [6, 6.07) is 11.1. The lowest BCUT2D eigenvalue weighted by atomic mass is 10.1. The van der Waals surface area contributed by atoms with E-state index >= 15 is 0 Å². The molecular formula is C14H17NS. The average molecular weight is 231 g/mol. The molecule has 0 fully saturated rings. The number of rotatable bonds is 4. The molecule has 0 saturated carbocycles. The van der Waals surface area contributed by atoms with Gasteiger partial charge in [0, 0.05) is 4.88 Å². The number of aryl methyl sites for hydroxylation is 1. The summed E-state index contributed by atoms with van der Waals surface area (Å²) in [4.78, 5) is 1.34. The Hall–Kier alpha value is -1.12. The van der Waals surface area contributed by atoms with Gasteiger partial charge in [0.2, 0.25) is 0 Å². The van der Waals surface area contributed by atoms with E-state index in [1.54, 1.807) is 11.3 Å². The summed E-state index contributed by atoms with van der Waals surface area (Å²) < 4.78 is 0. The summed E-state index contributed by atoms with van der Waals surface area (Å²) >= 11 is 1.80. The SMILES string of the molecule is CCc1ccc(-c2cc(CCN)cs2)cc1. The molecule has 16 heavy (non-hydrogen) atoms. The Morgan fingerprint density at radius 2 is 1.88 bits per heavy atom. The van der Waals surface area contributed by atoms with E-state index in [0.29, 0.717) is 0 Å². The highest BCUT2D eigenvalue weighted by molar-refractivity contribution is 7.13. The predicted molar refractivity (Wildman–Crippen MR) is 71.9 cm³/mol. The summed E-state index contributed by atoms with van der Waals surface area (Å²) in [5.41, 5.74) is 9.60. The summed E-state index contributed by atoms with van der Waals surface area (Å²) in [6.07, 6.45) is 2.08. The molecule has 1 aromatic heterocycles. The molecule has 2 heteroatoms. The lowest BCUT2D eigenvalue weighted by Gasteiger charge is -1.99. The predicted octanol–water partition coefficient (Wildman–Crippen LogP) is 3.48. The maximum atomic E-state index is 5.55. The van der Waals surface area contributed by atoms with Crippen LogP contribution in [-0.4, -0.2) is 6.54 Å². The lowest BCUT2D eigenvalue weighted by molar-refractivity contribution is 0.974. The second-order valence-corrected chi connectivity index (χ2v) is 4.82. The third kappa shape index (κ3) is 2.52. The highest BCUT2D eigenvalue weighted by Crippen LogP contribution is 2.27. The minimum atomic E-state index is 0.727. The molecule has 1 heterocycles. The van der Waals surface area contributed by atoms with Crippen molar-refractivity contribution in [3.63, 3.8) is 0 Å². The van der Waals surface area contributed by atoms with Crippen molar-refractivity contribution in [3.8, 4) is 10.4 Å². The van der Waals surface area contributed by atoms with Crippen LogP contribution in [0.4, 0.5) is 0 Å². The van der Waals surface area contributed by atoms with Gasteiger partial charge in [-0.1, -0.05) is 31.2 Å². The van der Waals surface area contributed by atoms with E-state index in [-0.39, 0.29) is 0 Å². The number of benzene rings is 1. The molecule has 0 unspecified atom stereocenters. The van der Waals surface area contributed by atoms with Gasteiger partial charge in [-0.2, -0.15) is 0 Å². The zero-order valence-corrected chi connectivity index (χ0v) is 10.4. The van der Waals surface area contributed by atoms with Crippen LogP contribution in [0.25, 0.3) is 10.4 Å². The monoisotopic (exact) mass is 231 g/mol. The zero-order valence-electron chi connectivity index (χ0n) is 9.57. The van der Waals surface area contributed by atoms with Gasteiger partial charge in [0.25, 0.3) is 0 Å². The minimum Gasteiger partial charge on any atom is -0.330 e. The van der Waals surface area contributed by atoms with Gasteiger partial charge in [-0.3, -0.25) is 0 Å². The molecule has 0 aliphatic heterocycles. The van der Waals surface area contributed by atoms with Gasteiger partial charge < -0.3 is 5.73 Å². The zero-order chi connectivity index (χ0) is 11.4. The van der Waals surface area contributed by atoms with Crippen molar-refractivity contribution in [2.45, 2.75) is 19.8 Å². The maximum Gasteiger partial charge on any atom is 0.0345 e. The molecule has 2 aromatic rings. The summed E-state index contributed by atoms with van der Waals surface area (Å²) in [6.45, 7) is 2.91. The Morgan fingerprint density at radius 3 is 2.50 bits per heavy atom. The van der Waals surface area contributed by atoms with Crippen molar-refractivity contribution >= 4 is 11.3 Å². The summed E-state index contributed by atoms with van der Waals surface area (Å²) in [7, 11) is 0. The Morgan fingerprint density at radius 1 is 1.12 bits per heavy atom. The van der Waals surface area contributed by atoms with Gasteiger partial charge >= 0.3 is 0 Å². The highest BCUT2D eigenvalue weighted by atomic mass is 32.1.